The van der Waals surface area contributed by atoms with Gasteiger partial charge in [-0.3, -0.25) is 4.98 Å². The Morgan fingerprint density at radius 3 is 2.91 bits per heavy atom. The molecule has 1 aliphatic carbocycles. The predicted octanol–water partition coefficient (Wildman–Crippen LogP) is 3.35. The summed E-state index contributed by atoms with van der Waals surface area (Å²) in [4.78, 5) is 3.76. The number of fused-ring (bicyclic) bond motifs is 1. The maximum Gasteiger partial charge on any atom is 0.150 e. The number of hydrogen-bond acceptors (Lipinski definition) is 3. The summed E-state index contributed by atoms with van der Waals surface area (Å²) >= 11 is 0. The lowest BCUT2D eigenvalue weighted by Crippen LogP contribution is -2.08. The van der Waals surface area contributed by atoms with Crippen LogP contribution in [0.25, 0.3) is 16.9 Å². The topological polar surface area (TPSA) is 43.6 Å². The van der Waals surface area contributed by atoms with Crippen LogP contribution in [-0.4, -0.2) is 20.0 Å². The number of hydrogen-bond donors (Lipinski definition) is 0. The normalized spacial score (nSPS) is 13.9. The van der Waals surface area contributed by atoms with Gasteiger partial charge in [-0.15, -0.1) is 5.10 Å². The first-order valence-corrected chi connectivity index (χ1v) is 7.46. The first-order valence-electron chi connectivity index (χ1n) is 7.46. The minimum atomic E-state index is -0.385. The Labute approximate surface area is 127 Å². The summed E-state index contributed by atoms with van der Waals surface area (Å²) < 4.78 is 15.6. The number of halogens is 1. The molecule has 0 bridgehead atoms. The van der Waals surface area contributed by atoms with Crippen molar-refractivity contribution in [3.63, 3.8) is 0 Å². The number of benzene rings is 1. The Balaban J connectivity index is 1.78. The minimum absolute atomic E-state index is 0.385. The van der Waals surface area contributed by atoms with E-state index in [1.165, 1.54) is 30.2 Å². The SMILES string of the molecule is Fc1cnccc1-c1cn(-c2cccc3c2CCCC3)nn1. The molecule has 0 radical (unpaired) electrons. The van der Waals surface area contributed by atoms with Crippen molar-refractivity contribution in [2.24, 2.45) is 0 Å². The van der Waals surface area contributed by atoms with Gasteiger partial charge in [0.15, 0.2) is 5.82 Å². The molecule has 110 valence electrons. The van der Waals surface area contributed by atoms with E-state index in [0.29, 0.717) is 11.3 Å². The van der Waals surface area contributed by atoms with Crippen LogP contribution in [0, 0.1) is 5.82 Å². The van der Waals surface area contributed by atoms with Crippen LogP contribution < -0.4 is 0 Å². The predicted molar refractivity (Wildman–Crippen MR) is 81.2 cm³/mol. The summed E-state index contributed by atoms with van der Waals surface area (Å²) in [7, 11) is 0. The van der Waals surface area contributed by atoms with Crippen LogP contribution in [0.4, 0.5) is 4.39 Å². The van der Waals surface area contributed by atoms with Crippen molar-refractivity contribution in [3.05, 3.63) is 59.8 Å². The monoisotopic (exact) mass is 294 g/mol. The van der Waals surface area contributed by atoms with Crippen LogP contribution in [0.1, 0.15) is 24.0 Å². The van der Waals surface area contributed by atoms with Crippen molar-refractivity contribution in [2.45, 2.75) is 25.7 Å². The molecule has 4 rings (SSSR count). The highest BCUT2D eigenvalue weighted by Crippen LogP contribution is 2.27. The van der Waals surface area contributed by atoms with Crippen LogP contribution >= 0.6 is 0 Å². The summed E-state index contributed by atoms with van der Waals surface area (Å²) in [5.41, 5.74) is 4.71. The highest BCUT2D eigenvalue weighted by molar-refractivity contribution is 5.58. The van der Waals surface area contributed by atoms with E-state index in [4.69, 9.17) is 0 Å². The van der Waals surface area contributed by atoms with E-state index < -0.39 is 0 Å². The van der Waals surface area contributed by atoms with Crippen molar-refractivity contribution < 1.29 is 4.39 Å². The fourth-order valence-electron chi connectivity index (χ4n) is 3.06. The van der Waals surface area contributed by atoms with Crippen molar-refractivity contribution in [1.82, 2.24) is 20.0 Å². The Kier molecular flexibility index (Phi) is 3.18. The highest BCUT2D eigenvalue weighted by atomic mass is 19.1. The summed E-state index contributed by atoms with van der Waals surface area (Å²) in [6.07, 6.45) is 9.14. The molecule has 0 saturated carbocycles. The second-order valence-corrected chi connectivity index (χ2v) is 5.53. The van der Waals surface area contributed by atoms with Crippen molar-refractivity contribution in [2.75, 3.05) is 0 Å². The summed E-state index contributed by atoms with van der Waals surface area (Å²) in [6.45, 7) is 0. The molecular formula is C17H15FN4. The van der Waals surface area contributed by atoms with E-state index in [0.717, 1.165) is 18.5 Å². The molecule has 5 heteroatoms. The largest absolute Gasteiger partial charge is 0.262 e. The lowest BCUT2D eigenvalue weighted by atomic mass is 9.90. The number of rotatable bonds is 2. The third-order valence-corrected chi connectivity index (χ3v) is 4.16. The molecule has 0 spiro atoms. The molecule has 0 fully saturated rings. The molecule has 1 aromatic carbocycles. The average Bonchev–Trinajstić information content (AvgIpc) is 3.04. The zero-order valence-electron chi connectivity index (χ0n) is 12.0. The Hall–Kier alpha value is -2.56. The molecular weight excluding hydrogens is 279 g/mol. The minimum Gasteiger partial charge on any atom is -0.262 e. The highest BCUT2D eigenvalue weighted by Gasteiger charge is 2.16. The zero-order chi connectivity index (χ0) is 14.9. The molecule has 22 heavy (non-hydrogen) atoms. The molecule has 2 aromatic heterocycles. The van der Waals surface area contributed by atoms with Gasteiger partial charge in [0, 0.05) is 11.8 Å². The summed E-state index contributed by atoms with van der Waals surface area (Å²) in [6, 6.07) is 7.89. The van der Waals surface area contributed by atoms with Gasteiger partial charge in [-0.1, -0.05) is 17.3 Å². The second-order valence-electron chi connectivity index (χ2n) is 5.53. The number of aromatic nitrogens is 4. The van der Waals surface area contributed by atoms with Crippen molar-refractivity contribution in [1.29, 1.82) is 0 Å². The molecule has 0 N–H and O–H groups in total. The van der Waals surface area contributed by atoms with Crippen molar-refractivity contribution >= 4 is 0 Å². The summed E-state index contributed by atoms with van der Waals surface area (Å²) in [5, 5.41) is 8.31. The van der Waals surface area contributed by atoms with Gasteiger partial charge in [-0.05, 0) is 48.9 Å². The maximum atomic E-state index is 13.8. The van der Waals surface area contributed by atoms with E-state index >= 15 is 0 Å². The third-order valence-electron chi connectivity index (χ3n) is 4.16. The first-order chi connectivity index (χ1) is 10.8. The van der Waals surface area contributed by atoms with Crippen molar-refractivity contribution in [3.8, 4) is 16.9 Å². The van der Waals surface area contributed by atoms with Gasteiger partial charge < -0.3 is 0 Å². The van der Waals surface area contributed by atoms with E-state index in [2.05, 4.69) is 21.4 Å². The maximum absolute atomic E-state index is 13.8. The summed E-state index contributed by atoms with van der Waals surface area (Å²) in [5.74, 6) is -0.385. The van der Waals surface area contributed by atoms with E-state index in [1.54, 1.807) is 23.1 Å². The molecule has 0 atom stereocenters. The first kappa shape index (κ1) is 13.1. The third kappa shape index (κ3) is 2.19. The van der Waals surface area contributed by atoms with Crippen LogP contribution in [0.3, 0.4) is 0 Å². The lowest BCUT2D eigenvalue weighted by Gasteiger charge is -2.18. The van der Waals surface area contributed by atoms with Crippen LogP contribution in [-0.2, 0) is 12.8 Å². The van der Waals surface area contributed by atoms with E-state index in [9.17, 15) is 4.39 Å². The molecule has 0 amide bonds. The second kappa shape index (κ2) is 5.33. The van der Waals surface area contributed by atoms with Gasteiger partial charge in [0.2, 0.25) is 0 Å². The van der Waals surface area contributed by atoms with E-state index in [1.807, 2.05) is 12.1 Å². The van der Waals surface area contributed by atoms with Gasteiger partial charge in [0.25, 0.3) is 0 Å². The van der Waals surface area contributed by atoms with Gasteiger partial charge in [-0.25, -0.2) is 9.07 Å². The van der Waals surface area contributed by atoms with Gasteiger partial charge >= 0.3 is 0 Å². The van der Waals surface area contributed by atoms with Gasteiger partial charge in [0.1, 0.15) is 5.69 Å². The van der Waals surface area contributed by atoms with Crippen LogP contribution in [0.2, 0.25) is 0 Å². The number of nitrogens with zero attached hydrogens (tertiary/aromatic N) is 4. The molecule has 1 aliphatic rings. The quantitative estimate of drug-likeness (QED) is 0.728. The number of aryl methyl sites for hydroxylation is 1. The van der Waals surface area contributed by atoms with Gasteiger partial charge in [0.05, 0.1) is 18.1 Å². The zero-order valence-corrected chi connectivity index (χ0v) is 12.0. The fraction of sp³-hybridized carbons (Fsp3) is 0.235. The average molecular weight is 294 g/mol. The van der Waals surface area contributed by atoms with Crippen LogP contribution in [0.15, 0.2) is 42.9 Å². The standard InChI is InChI=1S/C17H15FN4/c18-15-10-19-9-8-14(15)16-11-22(21-20-16)17-7-3-5-12-4-1-2-6-13(12)17/h3,5,7-11H,1-2,4,6H2. The molecule has 0 unspecified atom stereocenters. The fourth-order valence-corrected chi connectivity index (χ4v) is 3.06. The molecule has 4 nitrogen and oxygen atoms in total. The number of pyridine rings is 1. The Morgan fingerprint density at radius 1 is 1.09 bits per heavy atom. The Morgan fingerprint density at radius 2 is 2.00 bits per heavy atom. The molecule has 2 heterocycles. The van der Waals surface area contributed by atoms with E-state index in [-0.39, 0.29) is 5.82 Å². The molecule has 0 saturated heterocycles. The molecule has 3 aromatic rings. The van der Waals surface area contributed by atoms with Crippen LogP contribution in [0.5, 0.6) is 0 Å². The smallest absolute Gasteiger partial charge is 0.150 e. The Bertz CT molecular complexity index is 825. The molecule has 0 aliphatic heterocycles. The lowest BCUT2D eigenvalue weighted by molar-refractivity contribution is 0.624. The van der Waals surface area contributed by atoms with Gasteiger partial charge in [-0.2, -0.15) is 0 Å².